The lowest BCUT2D eigenvalue weighted by Gasteiger charge is -2.20. The third-order valence-corrected chi connectivity index (χ3v) is 5.06. The molecule has 3 heterocycles. The minimum atomic E-state index is 0.880. The molecule has 1 fully saturated rings. The number of nitrogens with zero attached hydrogens (tertiary/aromatic N) is 3. The van der Waals surface area contributed by atoms with E-state index in [0.717, 1.165) is 6.67 Å². The van der Waals surface area contributed by atoms with E-state index in [4.69, 9.17) is 0 Å². The van der Waals surface area contributed by atoms with Gasteiger partial charge in [0, 0.05) is 30.7 Å². The molecule has 0 atom stereocenters. The molecule has 0 saturated carbocycles. The van der Waals surface area contributed by atoms with E-state index in [9.17, 15) is 0 Å². The van der Waals surface area contributed by atoms with E-state index in [1.807, 2.05) is 0 Å². The van der Waals surface area contributed by atoms with Crippen LogP contribution >= 0.6 is 0 Å². The van der Waals surface area contributed by atoms with Crippen molar-refractivity contribution >= 4 is 28.5 Å². The van der Waals surface area contributed by atoms with Gasteiger partial charge in [0.25, 0.3) is 0 Å². The SMILES string of the molecule is C1=[N+](c2ccccc2N2CCCC2)Cn2ccc3cccc1c32. The molecule has 3 heteroatoms. The van der Waals surface area contributed by atoms with Gasteiger partial charge in [0.05, 0.1) is 11.1 Å². The Morgan fingerprint density at radius 3 is 2.65 bits per heavy atom. The van der Waals surface area contributed by atoms with Gasteiger partial charge in [-0.3, -0.25) is 4.57 Å². The van der Waals surface area contributed by atoms with Crippen molar-refractivity contribution in [3.05, 3.63) is 60.3 Å². The number of hydrogen-bond donors (Lipinski definition) is 0. The van der Waals surface area contributed by atoms with Gasteiger partial charge in [0.1, 0.15) is 5.69 Å². The highest BCUT2D eigenvalue weighted by Gasteiger charge is 2.25. The summed E-state index contributed by atoms with van der Waals surface area (Å²) in [7, 11) is 0. The first-order chi connectivity index (χ1) is 11.4. The van der Waals surface area contributed by atoms with Gasteiger partial charge in [-0.25, -0.2) is 0 Å². The molecule has 0 N–H and O–H groups in total. The summed E-state index contributed by atoms with van der Waals surface area (Å²) in [5, 5.41) is 1.33. The molecule has 2 aromatic carbocycles. The van der Waals surface area contributed by atoms with Crippen LogP contribution in [0.15, 0.2) is 54.7 Å². The number of para-hydroxylation sites is 3. The summed E-state index contributed by atoms with van der Waals surface area (Å²) in [6.07, 6.45) is 7.11. The Bertz CT molecular complexity index is 914. The highest BCUT2D eigenvalue weighted by Crippen LogP contribution is 2.33. The topological polar surface area (TPSA) is 11.2 Å². The molecule has 0 bridgehead atoms. The second kappa shape index (κ2) is 4.98. The molecule has 0 radical (unpaired) electrons. The van der Waals surface area contributed by atoms with Gasteiger partial charge >= 0.3 is 0 Å². The summed E-state index contributed by atoms with van der Waals surface area (Å²) in [5.74, 6) is 0. The minimum Gasteiger partial charge on any atom is -0.366 e. The molecule has 2 aliphatic heterocycles. The van der Waals surface area contributed by atoms with Crippen molar-refractivity contribution in [3.63, 3.8) is 0 Å². The third-order valence-electron chi connectivity index (χ3n) is 5.06. The maximum Gasteiger partial charge on any atom is 0.230 e. The first kappa shape index (κ1) is 12.9. The van der Waals surface area contributed by atoms with Crippen LogP contribution in [0.1, 0.15) is 18.4 Å². The first-order valence-corrected chi connectivity index (χ1v) is 8.43. The number of hydrogen-bond acceptors (Lipinski definition) is 1. The molecule has 3 nitrogen and oxygen atoms in total. The molecular formula is C20H20N3+. The second-order valence-corrected chi connectivity index (χ2v) is 6.49. The lowest BCUT2D eigenvalue weighted by Crippen LogP contribution is -2.23. The molecule has 1 aromatic heterocycles. The summed E-state index contributed by atoms with van der Waals surface area (Å²) in [6, 6.07) is 17.6. The van der Waals surface area contributed by atoms with Crippen LogP contribution in [-0.2, 0) is 6.67 Å². The number of benzene rings is 2. The van der Waals surface area contributed by atoms with Crippen LogP contribution in [-0.4, -0.2) is 28.4 Å². The van der Waals surface area contributed by atoms with E-state index < -0.39 is 0 Å². The molecule has 5 rings (SSSR count). The van der Waals surface area contributed by atoms with Crippen molar-refractivity contribution in [1.82, 2.24) is 4.57 Å². The minimum absolute atomic E-state index is 0.880. The van der Waals surface area contributed by atoms with Gasteiger partial charge in [-0.2, -0.15) is 4.58 Å². The fourth-order valence-electron chi connectivity index (χ4n) is 3.96. The molecule has 0 unspecified atom stereocenters. The number of rotatable bonds is 2. The molecule has 0 amide bonds. The largest absolute Gasteiger partial charge is 0.366 e. The van der Waals surface area contributed by atoms with Gasteiger partial charge in [-0.1, -0.05) is 24.3 Å². The fraction of sp³-hybridized carbons (Fsp3) is 0.250. The molecule has 0 spiro atoms. The fourth-order valence-corrected chi connectivity index (χ4v) is 3.96. The van der Waals surface area contributed by atoms with E-state index >= 15 is 0 Å². The smallest absolute Gasteiger partial charge is 0.230 e. The predicted octanol–water partition coefficient (Wildman–Crippen LogP) is 3.98. The number of anilines is 1. The molecule has 0 aliphatic carbocycles. The van der Waals surface area contributed by atoms with Crippen molar-refractivity contribution in [2.24, 2.45) is 0 Å². The van der Waals surface area contributed by atoms with Crippen LogP contribution in [0.4, 0.5) is 11.4 Å². The van der Waals surface area contributed by atoms with Crippen molar-refractivity contribution in [2.75, 3.05) is 18.0 Å². The predicted molar refractivity (Wildman–Crippen MR) is 94.9 cm³/mol. The van der Waals surface area contributed by atoms with Gasteiger partial charge in [0.15, 0.2) is 6.21 Å². The van der Waals surface area contributed by atoms with E-state index in [1.165, 1.54) is 53.8 Å². The lowest BCUT2D eigenvalue weighted by atomic mass is 10.1. The number of aromatic nitrogens is 1. The van der Waals surface area contributed by atoms with Crippen LogP contribution in [0, 0.1) is 0 Å². The van der Waals surface area contributed by atoms with Crippen molar-refractivity contribution in [2.45, 2.75) is 19.5 Å². The quantitative estimate of drug-likeness (QED) is 0.652. The average molecular weight is 302 g/mol. The molecule has 3 aromatic rings. The summed E-state index contributed by atoms with van der Waals surface area (Å²) < 4.78 is 4.74. The van der Waals surface area contributed by atoms with Gasteiger partial charge in [0.2, 0.25) is 12.4 Å². The standard InChI is InChI=1S/C20H20N3/c1-2-9-19(18(8-1)21-11-3-4-12-21)23-14-17-7-5-6-16-10-13-22(15-23)20(16)17/h1-2,5-10,13-14H,3-4,11-12,15H2/q+1. The highest BCUT2D eigenvalue weighted by atomic mass is 15.2. The summed E-state index contributed by atoms with van der Waals surface area (Å²) in [4.78, 5) is 2.52. The monoisotopic (exact) mass is 302 g/mol. The Labute approximate surface area is 136 Å². The van der Waals surface area contributed by atoms with Crippen LogP contribution < -0.4 is 4.90 Å². The molecular weight excluding hydrogens is 282 g/mol. The van der Waals surface area contributed by atoms with Crippen molar-refractivity contribution < 1.29 is 4.58 Å². The Balaban J connectivity index is 1.65. The summed E-state index contributed by atoms with van der Waals surface area (Å²) in [6.45, 7) is 3.23. The zero-order valence-electron chi connectivity index (χ0n) is 13.2. The maximum absolute atomic E-state index is 2.52. The molecule has 2 aliphatic rings. The first-order valence-electron chi connectivity index (χ1n) is 8.43. The molecule has 114 valence electrons. The highest BCUT2D eigenvalue weighted by molar-refractivity contribution is 5.97. The summed E-state index contributed by atoms with van der Waals surface area (Å²) >= 11 is 0. The maximum atomic E-state index is 2.52. The zero-order chi connectivity index (χ0) is 15.2. The Hall–Kier alpha value is -2.55. The zero-order valence-corrected chi connectivity index (χ0v) is 13.2. The van der Waals surface area contributed by atoms with E-state index in [1.54, 1.807) is 0 Å². The lowest BCUT2D eigenvalue weighted by molar-refractivity contribution is -0.471. The van der Waals surface area contributed by atoms with Gasteiger partial charge in [-0.05, 0) is 31.0 Å². The Morgan fingerprint density at radius 2 is 1.74 bits per heavy atom. The Kier molecular flexibility index (Phi) is 2.80. The van der Waals surface area contributed by atoms with Crippen LogP contribution in [0.25, 0.3) is 10.9 Å². The van der Waals surface area contributed by atoms with Crippen LogP contribution in [0.5, 0.6) is 0 Å². The van der Waals surface area contributed by atoms with Crippen molar-refractivity contribution in [3.8, 4) is 0 Å². The summed E-state index contributed by atoms with van der Waals surface area (Å²) in [5.41, 5.74) is 5.33. The molecule has 23 heavy (non-hydrogen) atoms. The van der Waals surface area contributed by atoms with Gasteiger partial charge in [-0.15, -0.1) is 0 Å². The van der Waals surface area contributed by atoms with E-state index in [2.05, 4.69) is 75.0 Å². The molecule has 1 saturated heterocycles. The van der Waals surface area contributed by atoms with Gasteiger partial charge < -0.3 is 4.90 Å². The third kappa shape index (κ3) is 2.00. The van der Waals surface area contributed by atoms with Crippen LogP contribution in [0.2, 0.25) is 0 Å². The average Bonchev–Trinajstić information content (AvgIpc) is 3.26. The Morgan fingerprint density at radius 1 is 0.870 bits per heavy atom. The van der Waals surface area contributed by atoms with E-state index in [0.29, 0.717) is 0 Å². The normalized spacial score (nSPS) is 16.9. The second-order valence-electron chi connectivity index (χ2n) is 6.49. The van der Waals surface area contributed by atoms with Crippen molar-refractivity contribution in [1.29, 1.82) is 0 Å². The van der Waals surface area contributed by atoms with E-state index in [-0.39, 0.29) is 0 Å². The van der Waals surface area contributed by atoms with Crippen LogP contribution in [0.3, 0.4) is 0 Å².